The molecule has 0 radical (unpaired) electrons. The lowest BCUT2D eigenvalue weighted by Gasteiger charge is -2.04. The third-order valence-electron chi connectivity index (χ3n) is 3.38. The molecule has 2 aromatic carbocycles. The Morgan fingerprint density at radius 1 is 1.25 bits per heavy atom. The van der Waals surface area contributed by atoms with E-state index in [2.05, 4.69) is 10.3 Å². The van der Waals surface area contributed by atoms with Gasteiger partial charge in [0.1, 0.15) is 0 Å². The molecule has 3 nitrogen and oxygen atoms in total. The van der Waals surface area contributed by atoms with Crippen LogP contribution in [0.5, 0.6) is 0 Å². The predicted molar refractivity (Wildman–Crippen MR) is 105 cm³/mol. The summed E-state index contributed by atoms with van der Waals surface area (Å²) in [6.07, 6.45) is 0.459. The van der Waals surface area contributed by atoms with Gasteiger partial charge in [-0.2, -0.15) is 0 Å². The van der Waals surface area contributed by atoms with E-state index < -0.39 is 0 Å². The van der Waals surface area contributed by atoms with Gasteiger partial charge in [-0.05, 0) is 35.9 Å². The zero-order chi connectivity index (χ0) is 17.1. The van der Waals surface area contributed by atoms with E-state index >= 15 is 0 Å². The summed E-state index contributed by atoms with van der Waals surface area (Å²) in [4.78, 5) is 16.1. The Balaban J connectivity index is 1.77. The van der Waals surface area contributed by atoms with E-state index in [1.54, 1.807) is 23.1 Å². The Labute approximate surface area is 158 Å². The normalized spacial score (nSPS) is 11.0. The summed E-state index contributed by atoms with van der Waals surface area (Å²) in [6, 6.07) is 11.3. The molecule has 0 unspecified atom stereocenters. The van der Waals surface area contributed by atoms with Gasteiger partial charge in [0.15, 0.2) is 4.34 Å². The van der Waals surface area contributed by atoms with Crippen molar-refractivity contribution in [2.24, 2.45) is 0 Å². The standard InChI is InChI=1S/C17H14Cl2N2OS2/c1-2-16(22)20-10-6-7-14-15(8-10)24-17(21-14)23-9-11-12(18)4-3-5-13(11)19/h3-8H,2,9H2,1H3,(H,20,22). The monoisotopic (exact) mass is 396 g/mol. The first-order chi connectivity index (χ1) is 11.6. The van der Waals surface area contributed by atoms with Crippen molar-refractivity contribution in [3.63, 3.8) is 0 Å². The fourth-order valence-corrected chi connectivity index (χ4v) is 4.95. The molecule has 0 bridgehead atoms. The van der Waals surface area contributed by atoms with Crippen LogP contribution in [0.2, 0.25) is 10.0 Å². The number of nitrogens with zero attached hydrogens (tertiary/aromatic N) is 1. The van der Waals surface area contributed by atoms with Gasteiger partial charge in [0.25, 0.3) is 0 Å². The van der Waals surface area contributed by atoms with Crippen LogP contribution >= 0.6 is 46.3 Å². The summed E-state index contributed by atoms with van der Waals surface area (Å²) in [5.41, 5.74) is 2.63. The molecule has 0 atom stereocenters. The molecule has 0 saturated heterocycles. The highest BCUT2D eigenvalue weighted by Crippen LogP contribution is 2.36. The molecule has 24 heavy (non-hydrogen) atoms. The molecule has 3 aromatic rings. The molecule has 0 fully saturated rings. The van der Waals surface area contributed by atoms with Crippen molar-refractivity contribution < 1.29 is 4.79 Å². The molecule has 1 heterocycles. The highest BCUT2D eigenvalue weighted by atomic mass is 35.5. The number of thiazole rings is 1. The van der Waals surface area contributed by atoms with Gasteiger partial charge < -0.3 is 5.32 Å². The number of hydrogen-bond donors (Lipinski definition) is 1. The fraction of sp³-hybridized carbons (Fsp3) is 0.176. The van der Waals surface area contributed by atoms with Crippen LogP contribution < -0.4 is 5.32 Å². The van der Waals surface area contributed by atoms with E-state index in [1.165, 1.54) is 0 Å². The highest BCUT2D eigenvalue weighted by Gasteiger charge is 2.10. The van der Waals surface area contributed by atoms with Crippen molar-refractivity contribution in [1.82, 2.24) is 4.98 Å². The van der Waals surface area contributed by atoms with Crippen molar-refractivity contribution in [3.05, 3.63) is 52.0 Å². The number of amides is 1. The Morgan fingerprint density at radius 2 is 2.00 bits per heavy atom. The number of carbonyl (C=O) groups excluding carboxylic acids is 1. The molecule has 124 valence electrons. The summed E-state index contributed by atoms with van der Waals surface area (Å²) in [6.45, 7) is 1.83. The van der Waals surface area contributed by atoms with Gasteiger partial charge in [0, 0.05) is 27.9 Å². The molecular weight excluding hydrogens is 383 g/mol. The van der Waals surface area contributed by atoms with Gasteiger partial charge in [0.05, 0.1) is 10.2 Å². The number of benzene rings is 2. The SMILES string of the molecule is CCC(=O)Nc1ccc2nc(SCc3c(Cl)cccc3Cl)sc2c1. The second-order valence-electron chi connectivity index (χ2n) is 5.05. The van der Waals surface area contributed by atoms with E-state index in [-0.39, 0.29) is 5.91 Å². The van der Waals surface area contributed by atoms with Gasteiger partial charge >= 0.3 is 0 Å². The number of hydrogen-bond acceptors (Lipinski definition) is 4. The first-order valence-corrected chi connectivity index (χ1v) is 9.88. The van der Waals surface area contributed by atoms with Gasteiger partial charge in [-0.1, -0.05) is 48.0 Å². The molecule has 3 rings (SSSR count). The van der Waals surface area contributed by atoms with Gasteiger partial charge in [-0.3, -0.25) is 4.79 Å². The Kier molecular flexibility index (Phi) is 5.66. The summed E-state index contributed by atoms with van der Waals surface area (Å²) in [7, 11) is 0. The Morgan fingerprint density at radius 3 is 2.71 bits per heavy atom. The number of aromatic nitrogens is 1. The van der Waals surface area contributed by atoms with Gasteiger partial charge in [-0.15, -0.1) is 11.3 Å². The number of fused-ring (bicyclic) bond motifs is 1. The molecule has 0 aliphatic heterocycles. The first kappa shape index (κ1) is 17.5. The second kappa shape index (κ2) is 7.74. The van der Waals surface area contributed by atoms with Crippen LogP contribution in [-0.4, -0.2) is 10.9 Å². The van der Waals surface area contributed by atoms with Crippen molar-refractivity contribution >= 4 is 68.1 Å². The molecule has 1 N–H and O–H groups in total. The largest absolute Gasteiger partial charge is 0.326 e. The lowest BCUT2D eigenvalue weighted by atomic mass is 10.2. The smallest absolute Gasteiger partial charge is 0.224 e. The van der Waals surface area contributed by atoms with Crippen LogP contribution in [0.1, 0.15) is 18.9 Å². The summed E-state index contributed by atoms with van der Waals surface area (Å²) < 4.78 is 1.98. The molecule has 1 amide bonds. The van der Waals surface area contributed by atoms with Gasteiger partial charge in [0.2, 0.25) is 5.91 Å². The Bertz CT molecular complexity index is 875. The van der Waals surface area contributed by atoms with Crippen molar-refractivity contribution in [3.8, 4) is 0 Å². The van der Waals surface area contributed by atoms with Crippen LogP contribution in [0.15, 0.2) is 40.7 Å². The summed E-state index contributed by atoms with van der Waals surface area (Å²) in [5.74, 6) is 0.666. The van der Waals surface area contributed by atoms with Crippen LogP contribution in [0.4, 0.5) is 5.69 Å². The Hall–Kier alpha value is -1.27. The van der Waals surface area contributed by atoms with Crippen molar-refractivity contribution in [2.45, 2.75) is 23.4 Å². The maximum Gasteiger partial charge on any atom is 0.224 e. The number of nitrogens with one attached hydrogen (secondary N) is 1. The maximum absolute atomic E-state index is 11.5. The lowest BCUT2D eigenvalue weighted by Crippen LogP contribution is -2.08. The van der Waals surface area contributed by atoms with Crippen molar-refractivity contribution in [2.75, 3.05) is 5.32 Å². The van der Waals surface area contributed by atoms with Gasteiger partial charge in [-0.25, -0.2) is 4.98 Å². The zero-order valence-electron chi connectivity index (χ0n) is 12.8. The fourth-order valence-electron chi connectivity index (χ4n) is 2.10. The summed E-state index contributed by atoms with van der Waals surface area (Å²) in [5, 5.41) is 4.20. The molecule has 7 heteroatoms. The second-order valence-corrected chi connectivity index (χ2v) is 8.12. The third-order valence-corrected chi connectivity index (χ3v) is 6.27. The minimum absolute atomic E-state index is 0.00169. The van der Waals surface area contributed by atoms with E-state index in [1.807, 2.05) is 43.3 Å². The van der Waals surface area contributed by atoms with E-state index in [4.69, 9.17) is 23.2 Å². The molecule has 0 aliphatic carbocycles. The minimum Gasteiger partial charge on any atom is -0.326 e. The zero-order valence-corrected chi connectivity index (χ0v) is 16.0. The predicted octanol–water partition coefficient (Wildman–Crippen LogP) is 6.24. The number of rotatable bonds is 5. The average Bonchev–Trinajstić information content (AvgIpc) is 2.96. The van der Waals surface area contributed by atoms with E-state index in [0.29, 0.717) is 22.2 Å². The maximum atomic E-state index is 11.5. The van der Waals surface area contributed by atoms with Crippen molar-refractivity contribution in [1.29, 1.82) is 0 Å². The number of carbonyl (C=O) groups is 1. The molecular formula is C17H14Cl2N2OS2. The van der Waals surface area contributed by atoms with Crippen LogP contribution in [0.3, 0.4) is 0 Å². The van der Waals surface area contributed by atoms with E-state index in [0.717, 1.165) is 25.8 Å². The average molecular weight is 397 g/mol. The third kappa shape index (κ3) is 4.03. The number of halogens is 2. The van der Waals surface area contributed by atoms with Crippen LogP contribution in [0.25, 0.3) is 10.2 Å². The molecule has 0 spiro atoms. The quantitative estimate of drug-likeness (QED) is 0.518. The van der Waals surface area contributed by atoms with Crippen LogP contribution in [-0.2, 0) is 10.5 Å². The summed E-state index contributed by atoms with van der Waals surface area (Å²) >= 11 is 15.6. The number of thioether (sulfide) groups is 1. The minimum atomic E-state index is 0.00169. The topological polar surface area (TPSA) is 42.0 Å². The highest BCUT2D eigenvalue weighted by molar-refractivity contribution is 8.00. The molecule has 1 aromatic heterocycles. The lowest BCUT2D eigenvalue weighted by molar-refractivity contribution is -0.115. The first-order valence-electron chi connectivity index (χ1n) is 7.33. The number of anilines is 1. The van der Waals surface area contributed by atoms with Crippen LogP contribution in [0, 0.1) is 0 Å². The molecule has 0 aliphatic rings. The molecule has 0 saturated carbocycles. The van der Waals surface area contributed by atoms with E-state index in [9.17, 15) is 4.79 Å².